The molecule has 4 aromatic rings. The van der Waals surface area contributed by atoms with Crippen LogP contribution in [0, 0.1) is 0 Å². The van der Waals surface area contributed by atoms with Crippen LogP contribution in [0.2, 0.25) is 0 Å². The van der Waals surface area contributed by atoms with Crippen molar-refractivity contribution in [3.05, 3.63) is 96.4 Å². The van der Waals surface area contributed by atoms with E-state index in [-0.39, 0.29) is 5.91 Å². The van der Waals surface area contributed by atoms with Crippen molar-refractivity contribution in [3.63, 3.8) is 0 Å². The lowest BCUT2D eigenvalue weighted by molar-refractivity contribution is -0.129. The summed E-state index contributed by atoms with van der Waals surface area (Å²) >= 11 is 1.46. The summed E-state index contributed by atoms with van der Waals surface area (Å²) in [6.07, 6.45) is 1.63. The quantitative estimate of drug-likeness (QED) is 0.411. The zero-order chi connectivity index (χ0) is 19.2. The number of carbonyl (C=O) groups is 1. The zero-order valence-corrected chi connectivity index (χ0v) is 16.1. The largest absolute Gasteiger partial charge is 0.467 e. The smallest absolute Gasteiger partial charge is 0.233 e. The molecule has 0 saturated carbocycles. The second kappa shape index (κ2) is 8.76. The van der Waals surface area contributed by atoms with Crippen molar-refractivity contribution < 1.29 is 9.21 Å². The number of thioether (sulfide) groups is 1. The molecule has 140 valence electrons. The molecule has 0 radical (unpaired) electrons. The number of amides is 1. The lowest BCUT2D eigenvalue weighted by Gasteiger charge is -2.21. The highest BCUT2D eigenvalue weighted by atomic mass is 32.2. The van der Waals surface area contributed by atoms with Gasteiger partial charge in [0.05, 0.1) is 29.1 Å². The third-order valence-corrected chi connectivity index (χ3v) is 5.33. The first-order chi connectivity index (χ1) is 13.8. The predicted octanol–water partition coefficient (Wildman–Crippen LogP) is 5.15. The van der Waals surface area contributed by atoms with E-state index < -0.39 is 0 Å². The molecule has 0 spiro atoms. The number of rotatable bonds is 7. The SMILES string of the molecule is O=C(CSc1ccc2ccccc2n1)N(Cc1ccccc1)Cc1ccco1. The van der Waals surface area contributed by atoms with E-state index in [2.05, 4.69) is 4.98 Å². The Morgan fingerprint density at radius 2 is 1.71 bits per heavy atom. The van der Waals surface area contributed by atoms with Crippen LogP contribution in [0.4, 0.5) is 0 Å². The van der Waals surface area contributed by atoms with Crippen molar-refractivity contribution >= 4 is 28.6 Å². The molecule has 0 unspecified atom stereocenters. The number of nitrogens with zero attached hydrogens (tertiary/aromatic N) is 2. The van der Waals surface area contributed by atoms with Gasteiger partial charge >= 0.3 is 0 Å². The maximum Gasteiger partial charge on any atom is 0.233 e. The van der Waals surface area contributed by atoms with Crippen LogP contribution in [-0.2, 0) is 17.9 Å². The molecule has 0 aliphatic heterocycles. The number of para-hydroxylation sites is 1. The predicted molar refractivity (Wildman–Crippen MR) is 112 cm³/mol. The highest BCUT2D eigenvalue weighted by Crippen LogP contribution is 2.21. The first-order valence-corrected chi connectivity index (χ1v) is 10.1. The minimum absolute atomic E-state index is 0.0558. The Labute approximate surface area is 168 Å². The molecule has 0 atom stereocenters. The van der Waals surface area contributed by atoms with Gasteiger partial charge in [-0.05, 0) is 29.8 Å². The minimum Gasteiger partial charge on any atom is -0.467 e. The summed E-state index contributed by atoms with van der Waals surface area (Å²) in [5, 5.41) is 1.95. The van der Waals surface area contributed by atoms with E-state index in [1.54, 1.807) is 6.26 Å². The van der Waals surface area contributed by atoms with Gasteiger partial charge in [0.1, 0.15) is 5.76 Å². The van der Waals surface area contributed by atoms with Gasteiger partial charge in [-0.25, -0.2) is 4.98 Å². The maximum atomic E-state index is 12.9. The van der Waals surface area contributed by atoms with E-state index in [1.165, 1.54) is 11.8 Å². The molecule has 0 aliphatic carbocycles. The lowest BCUT2D eigenvalue weighted by atomic mass is 10.2. The number of benzene rings is 2. The van der Waals surface area contributed by atoms with Crippen molar-refractivity contribution in [2.75, 3.05) is 5.75 Å². The van der Waals surface area contributed by atoms with Crippen molar-refractivity contribution in [3.8, 4) is 0 Å². The standard InChI is InChI=1S/C23H20N2O2S/c26-23(17-28-22-13-12-19-9-4-5-11-21(19)24-22)25(16-20-10-6-14-27-20)15-18-7-2-1-3-8-18/h1-14H,15-17H2. The summed E-state index contributed by atoms with van der Waals surface area (Å²) in [5.74, 6) is 1.16. The number of fused-ring (bicyclic) bond motifs is 1. The first-order valence-electron chi connectivity index (χ1n) is 9.10. The van der Waals surface area contributed by atoms with Crippen molar-refractivity contribution in [2.24, 2.45) is 0 Å². The molecule has 0 saturated heterocycles. The van der Waals surface area contributed by atoms with E-state index in [0.29, 0.717) is 18.8 Å². The Morgan fingerprint density at radius 1 is 0.893 bits per heavy atom. The second-order valence-corrected chi connectivity index (χ2v) is 7.44. The van der Waals surface area contributed by atoms with Gasteiger partial charge in [0.2, 0.25) is 5.91 Å². The Morgan fingerprint density at radius 3 is 2.54 bits per heavy atom. The molecule has 0 aliphatic rings. The molecular weight excluding hydrogens is 368 g/mol. The number of furan rings is 1. The fourth-order valence-corrected chi connectivity index (χ4v) is 3.76. The van der Waals surface area contributed by atoms with E-state index in [9.17, 15) is 4.79 Å². The van der Waals surface area contributed by atoms with Crippen molar-refractivity contribution in [2.45, 2.75) is 18.1 Å². The molecular formula is C23H20N2O2S. The van der Waals surface area contributed by atoms with Gasteiger partial charge in [-0.1, -0.05) is 66.4 Å². The fourth-order valence-electron chi connectivity index (χ4n) is 2.98. The van der Waals surface area contributed by atoms with Crippen LogP contribution < -0.4 is 0 Å². The number of carbonyl (C=O) groups excluding carboxylic acids is 1. The first kappa shape index (κ1) is 18.3. The number of hydrogen-bond acceptors (Lipinski definition) is 4. The lowest BCUT2D eigenvalue weighted by Crippen LogP contribution is -2.31. The summed E-state index contributed by atoms with van der Waals surface area (Å²) in [5.41, 5.74) is 2.04. The monoisotopic (exact) mass is 388 g/mol. The highest BCUT2D eigenvalue weighted by molar-refractivity contribution is 7.99. The Hall–Kier alpha value is -3.05. The summed E-state index contributed by atoms with van der Waals surface area (Å²) in [6, 6.07) is 25.7. The fraction of sp³-hybridized carbons (Fsp3) is 0.130. The van der Waals surface area contributed by atoms with Crippen LogP contribution in [-0.4, -0.2) is 21.5 Å². The number of aromatic nitrogens is 1. The molecule has 1 amide bonds. The Bertz CT molecular complexity index is 1050. The molecule has 2 aromatic heterocycles. The Balaban J connectivity index is 1.46. The van der Waals surface area contributed by atoms with Crippen molar-refractivity contribution in [1.29, 1.82) is 0 Å². The topological polar surface area (TPSA) is 46.3 Å². The molecule has 5 heteroatoms. The van der Waals surface area contributed by atoms with Crippen LogP contribution in [0.25, 0.3) is 10.9 Å². The van der Waals surface area contributed by atoms with Gasteiger partial charge in [0.15, 0.2) is 0 Å². The average molecular weight is 388 g/mol. The molecule has 4 nitrogen and oxygen atoms in total. The summed E-state index contributed by atoms with van der Waals surface area (Å²) in [7, 11) is 0. The molecule has 2 heterocycles. The third kappa shape index (κ3) is 4.61. The van der Waals surface area contributed by atoms with Gasteiger partial charge in [-0.3, -0.25) is 4.79 Å². The van der Waals surface area contributed by atoms with Crippen LogP contribution in [0.15, 0.2) is 94.6 Å². The summed E-state index contributed by atoms with van der Waals surface area (Å²) < 4.78 is 5.45. The van der Waals surface area contributed by atoms with Crippen LogP contribution >= 0.6 is 11.8 Å². The summed E-state index contributed by atoms with van der Waals surface area (Å²) in [4.78, 5) is 19.4. The summed E-state index contributed by atoms with van der Waals surface area (Å²) in [6.45, 7) is 0.999. The van der Waals surface area contributed by atoms with Gasteiger partial charge in [0, 0.05) is 11.9 Å². The molecule has 28 heavy (non-hydrogen) atoms. The van der Waals surface area contributed by atoms with E-state index >= 15 is 0 Å². The van der Waals surface area contributed by atoms with Crippen LogP contribution in [0.1, 0.15) is 11.3 Å². The van der Waals surface area contributed by atoms with E-state index in [0.717, 1.165) is 27.3 Å². The third-order valence-electron chi connectivity index (χ3n) is 4.41. The van der Waals surface area contributed by atoms with Gasteiger partial charge in [-0.2, -0.15) is 0 Å². The Kier molecular flexibility index (Phi) is 5.73. The molecule has 0 bridgehead atoms. The number of pyridine rings is 1. The van der Waals surface area contributed by atoms with Crippen molar-refractivity contribution in [1.82, 2.24) is 9.88 Å². The normalized spacial score (nSPS) is 10.9. The highest BCUT2D eigenvalue weighted by Gasteiger charge is 2.16. The van der Waals surface area contributed by atoms with Crippen LogP contribution in [0.3, 0.4) is 0 Å². The molecule has 0 fully saturated rings. The molecule has 2 aromatic carbocycles. The second-order valence-electron chi connectivity index (χ2n) is 6.45. The van der Waals surface area contributed by atoms with Gasteiger partial charge < -0.3 is 9.32 Å². The average Bonchev–Trinajstić information content (AvgIpc) is 3.25. The molecule has 4 rings (SSSR count). The minimum atomic E-state index is 0.0558. The number of hydrogen-bond donors (Lipinski definition) is 0. The molecule has 0 N–H and O–H groups in total. The van der Waals surface area contributed by atoms with Crippen LogP contribution in [0.5, 0.6) is 0 Å². The van der Waals surface area contributed by atoms with E-state index in [1.807, 2.05) is 83.8 Å². The maximum absolute atomic E-state index is 12.9. The van der Waals surface area contributed by atoms with Gasteiger partial charge in [0.25, 0.3) is 0 Å². The van der Waals surface area contributed by atoms with E-state index in [4.69, 9.17) is 4.42 Å². The van der Waals surface area contributed by atoms with Gasteiger partial charge in [-0.15, -0.1) is 0 Å². The zero-order valence-electron chi connectivity index (χ0n) is 15.3.